The first kappa shape index (κ1) is 12.0. The molecule has 90 valence electrons. The third-order valence-corrected chi connectivity index (χ3v) is 3.29. The van der Waals surface area contributed by atoms with E-state index in [0.29, 0.717) is 11.6 Å². The van der Waals surface area contributed by atoms with Gasteiger partial charge in [0.2, 0.25) is 0 Å². The van der Waals surface area contributed by atoms with Crippen LogP contribution in [-0.2, 0) is 6.54 Å². The number of hydrogen-bond acceptors (Lipinski definition) is 4. The lowest BCUT2D eigenvalue weighted by molar-refractivity contribution is 0.131. The van der Waals surface area contributed by atoms with Crippen LogP contribution in [0.15, 0.2) is 18.3 Å². The van der Waals surface area contributed by atoms with E-state index in [1.807, 2.05) is 12.1 Å². The van der Waals surface area contributed by atoms with E-state index in [-0.39, 0.29) is 6.10 Å². The smallest absolute Gasteiger partial charge is 0.140 e. The van der Waals surface area contributed by atoms with E-state index < -0.39 is 0 Å². The van der Waals surface area contributed by atoms with Gasteiger partial charge in [0.15, 0.2) is 0 Å². The molecule has 1 aliphatic carbocycles. The van der Waals surface area contributed by atoms with Crippen LogP contribution in [0, 0.1) is 17.2 Å². The number of nitrogens with zero attached hydrogens (tertiary/aromatic N) is 2. The molecule has 0 radical (unpaired) electrons. The van der Waals surface area contributed by atoms with Crippen molar-refractivity contribution in [1.29, 1.82) is 5.26 Å². The quantitative estimate of drug-likeness (QED) is 0.817. The molecular weight excluding hydrogens is 214 g/mol. The number of nitriles is 1. The molecule has 2 unspecified atom stereocenters. The molecule has 17 heavy (non-hydrogen) atoms. The molecule has 4 heteroatoms. The van der Waals surface area contributed by atoms with Crippen molar-refractivity contribution in [2.45, 2.75) is 31.9 Å². The van der Waals surface area contributed by atoms with Gasteiger partial charge in [0.05, 0.1) is 6.10 Å². The second kappa shape index (κ2) is 5.76. The van der Waals surface area contributed by atoms with Crippen LogP contribution in [0.1, 0.15) is 30.5 Å². The molecule has 0 bridgehead atoms. The molecule has 0 aromatic carbocycles. The standard InChI is InChI=1S/C13H17N3O/c14-7-12-6-10(4-5-16-12)8-15-9-11-2-1-3-13(11)17/h4-6,11,13,15,17H,1-3,8-9H2. The molecule has 0 amide bonds. The molecule has 0 spiro atoms. The van der Waals surface area contributed by atoms with Gasteiger partial charge in [0.1, 0.15) is 11.8 Å². The van der Waals surface area contributed by atoms with Crippen LogP contribution in [0.3, 0.4) is 0 Å². The zero-order valence-electron chi connectivity index (χ0n) is 9.76. The molecule has 1 aromatic rings. The van der Waals surface area contributed by atoms with Crippen LogP contribution in [0.2, 0.25) is 0 Å². The van der Waals surface area contributed by atoms with Crippen LogP contribution >= 0.6 is 0 Å². The lowest BCUT2D eigenvalue weighted by Crippen LogP contribution is -2.27. The van der Waals surface area contributed by atoms with Crippen LogP contribution in [0.4, 0.5) is 0 Å². The Hall–Kier alpha value is -1.44. The van der Waals surface area contributed by atoms with Crippen LogP contribution in [0.25, 0.3) is 0 Å². The zero-order valence-corrected chi connectivity index (χ0v) is 9.76. The minimum atomic E-state index is -0.144. The fraction of sp³-hybridized carbons (Fsp3) is 0.538. The highest BCUT2D eigenvalue weighted by Gasteiger charge is 2.24. The maximum absolute atomic E-state index is 9.68. The molecule has 2 atom stereocenters. The summed E-state index contributed by atoms with van der Waals surface area (Å²) < 4.78 is 0. The number of aliphatic hydroxyl groups excluding tert-OH is 1. The van der Waals surface area contributed by atoms with Crippen LogP contribution in [0.5, 0.6) is 0 Å². The van der Waals surface area contributed by atoms with Gasteiger partial charge in [-0.1, -0.05) is 6.42 Å². The van der Waals surface area contributed by atoms with E-state index in [2.05, 4.69) is 10.3 Å². The van der Waals surface area contributed by atoms with E-state index in [1.54, 1.807) is 12.3 Å². The summed E-state index contributed by atoms with van der Waals surface area (Å²) in [5, 5.41) is 21.7. The summed E-state index contributed by atoms with van der Waals surface area (Å²) in [4.78, 5) is 3.93. The Labute approximate surface area is 101 Å². The molecule has 1 heterocycles. The van der Waals surface area contributed by atoms with Gasteiger partial charge in [-0.05, 0) is 36.5 Å². The maximum Gasteiger partial charge on any atom is 0.140 e. The Morgan fingerprint density at radius 3 is 3.12 bits per heavy atom. The normalized spacial score (nSPS) is 23.5. The lowest BCUT2D eigenvalue weighted by atomic mass is 10.1. The van der Waals surface area contributed by atoms with Crippen molar-refractivity contribution >= 4 is 0 Å². The fourth-order valence-electron chi connectivity index (χ4n) is 2.30. The Kier molecular flexibility index (Phi) is 4.08. The average molecular weight is 231 g/mol. The number of aromatic nitrogens is 1. The Morgan fingerprint density at radius 2 is 2.41 bits per heavy atom. The first-order valence-electron chi connectivity index (χ1n) is 6.03. The van der Waals surface area contributed by atoms with E-state index >= 15 is 0 Å². The summed E-state index contributed by atoms with van der Waals surface area (Å²) in [6, 6.07) is 5.72. The average Bonchev–Trinajstić information content (AvgIpc) is 2.76. The van der Waals surface area contributed by atoms with Crippen molar-refractivity contribution in [2.75, 3.05) is 6.54 Å². The Morgan fingerprint density at radius 1 is 1.53 bits per heavy atom. The van der Waals surface area contributed by atoms with Gasteiger partial charge in [-0.3, -0.25) is 0 Å². The molecule has 1 aliphatic rings. The topological polar surface area (TPSA) is 68.9 Å². The number of pyridine rings is 1. The van der Waals surface area contributed by atoms with Gasteiger partial charge in [-0.15, -0.1) is 0 Å². The number of aliphatic hydroxyl groups is 1. The summed E-state index contributed by atoms with van der Waals surface area (Å²) in [5.74, 6) is 0.382. The summed E-state index contributed by atoms with van der Waals surface area (Å²) in [6.45, 7) is 1.56. The number of nitrogens with one attached hydrogen (secondary N) is 1. The van der Waals surface area contributed by atoms with Crippen molar-refractivity contribution in [3.63, 3.8) is 0 Å². The molecule has 1 aromatic heterocycles. The first-order chi connectivity index (χ1) is 8.29. The predicted molar refractivity (Wildman–Crippen MR) is 64.0 cm³/mol. The van der Waals surface area contributed by atoms with Crippen LogP contribution < -0.4 is 5.32 Å². The van der Waals surface area contributed by atoms with E-state index in [0.717, 1.165) is 37.9 Å². The third-order valence-electron chi connectivity index (χ3n) is 3.29. The van der Waals surface area contributed by atoms with Crippen LogP contribution in [-0.4, -0.2) is 22.7 Å². The molecule has 0 aliphatic heterocycles. The van der Waals surface area contributed by atoms with Crippen molar-refractivity contribution < 1.29 is 5.11 Å². The van der Waals surface area contributed by atoms with Gasteiger partial charge < -0.3 is 10.4 Å². The van der Waals surface area contributed by atoms with Crippen molar-refractivity contribution in [1.82, 2.24) is 10.3 Å². The van der Waals surface area contributed by atoms with Gasteiger partial charge >= 0.3 is 0 Å². The third kappa shape index (κ3) is 3.26. The van der Waals surface area contributed by atoms with Gasteiger partial charge in [-0.2, -0.15) is 5.26 Å². The first-order valence-corrected chi connectivity index (χ1v) is 6.03. The van der Waals surface area contributed by atoms with Gasteiger partial charge in [0, 0.05) is 19.3 Å². The van der Waals surface area contributed by atoms with E-state index in [1.165, 1.54) is 0 Å². The molecule has 1 saturated carbocycles. The predicted octanol–water partition coefficient (Wildman–Crippen LogP) is 1.20. The highest BCUT2D eigenvalue weighted by molar-refractivity contribution is 5.25. The van der Waals surface area contributed by atoms with Crippen molar-refractivity contribution in [3.05, 3.63) is 29.6 Å². The molecule has 4 nitrogen and oxygen atoms in total. The Balaban J connectivity index is 1.80. The summed E-state index contributed by atoms with van der Waals surface area (Å²) in [5.41, 5.74) is 1.51. The highest BCUT2D eigenvalue weighted by Crippen LogP contribution is 2.24. The summed E-state index contributed by atoms with van der Waals surface area (Å²) in [7, 11) is 0. The molecule has 1 fully saturated rings. The van der Waals surface area contributed by atoms with E-state index in [4.69, 9.17) is 5.26 Å². The zero-order chi connectivity index (χ0) is 12.1. The molecule has 2 N–H and O–H groups in total. The van der Waals surface area contributed by atoms with Gasteiger partial charge in [-0.25, -0.2) is 4.98 Å². The molecular formula is C13H17N3O. The minimum absolute atomic E-state index is 0.144. The SMILES string of the molecule is N#Cc1cc(CNCC2CCCC2O)ccn1. The van der Waals surface area contributed by atoms with Crippen molar-refractivity contribution in [2.24, 2.45) is 5.92 Å². The number of rotatable bonds is 4. The Bertz CT molecular complexity index is 413. The molecule has 0 saturated heterocycles. The summed E-state index contributed by atoms with van der Waals surface area (Å²) in [6.07, 6.45) is 4.67. The lowest BCUT2D eigenvalue weighted by Gasteiger charge is -2.15. The summed E-state index contributed by atoms with van der Waals surface area (Å²) >= 11 is 0. The fourth-order valence-corrected chi connectivity index (χ4v) is 2.30. The van der Waals surface area contributed by atoms with Crippen molar-refractivity contribution in [3.8, 4) is 6.07 Å². The second-order valence-electron chi connectivity index (χ2n) is 4.55. The van der Waals surface area contributed by atoms with Gasteiger partial charge in [0.25, 0.3) is 0 Å². The second-order valence-corrected chi connectivity index (χ2v) is 4.55. The number of hydrogen-bond donors (Lipinski definition) is 2. The monoisotopic (exact) mass is 231 g/mol. The minimum Gasteiger partial charge on any atom is -0.393 e. The van der Waals surface area contributed by atoms with E-state index in [9.17, 15) is 5.11 Å². The highest BCUT2D eigenvalue weighted by atomic mass is 16.3. The largest absolute Gasteiger partial charge is 0.393 e. The maximum atomic E-state index is 9.68. The molecule has 2 rings (SSSR count).